The molecule has 2 aromatic rings. The Morgan fingerprint density at radius 1 is 1.03 bits per heavy atom. The Bertz CT molecular complexity index is 982. The van der Waals surface area contributed by atoms with Gasteiger partial charge < -0.3 is 14.8 Å². The Morgan fingerprint density at radius 3 is 2.07 bits per heavy atom. The monoisotopic (exact) mass is 434 g/mol. The average Bonchev–Trinajstić information content (AvgIpc) is 2.72. The second-order valence-corrected chi connectivity index (χ2v) is 8.78. The van der Waals surface area contributed by atoms with Crippen LogP contribution in [-0.4, -0.2) is 40.8 Å². The van der Waals surface area contributed by atoms with Gasteiger partial charge in [-0.1, -0.05) is 32.0 Å². The molecule has 0 saturated heterocycles. The van der Waals surface area contributed by atoms with E-state index in [1.807, 2.05) is 32.0 Å². The minimum atomic E-state index is -3.75. The second kappa shape index (κ2) is 9.84. The number of benzene rings is 2. The van der Waals surface area contributed by atoms with E-state index in [0.29, 0.717) is 17.2 Å². The third-order valence-electron chi connectivity index (χ3n) is 4.96. The maximum absolute atomic E-state index is 13.1. The maximum atomic E-state index is 13.1. The van der Waals surface area contributed by atoms with E-state index >= 15 is 0 Å². The van der Waals surface area contributed by atoms with Gasteiger partial charge in [0.05, 0.1) is 26.2 Å². The second-order valence-electron chi connectivity index (χ2n) is 6.92. The molecule has 8 heteroatoms. The number of aryl methyl sites for hydroxylation is 2. The zero-order valence-electron chi connectivity index (χ0n) is 18.4. The van der Waals surface area contributed by atoms with Gasteiger partial charge in [-0.3, -0.25) is 9.10 Å². The predicted molar refractivity (Wildman–Crippen MR) is 120 cm³/mol. The normalized spacial score (nSPS) is 12.2. The number of hydrogen-bond donors (Lipinski definition) is 1. The maximum Gasteiger partial charge on any atom is 0.248 e. The van der Waals surface area contributed by atoms with E-state index in [2.05, 4.69) is 5.32 Å². The molecule has 1 N–H and O–H groups in total. The van der Waals surface area contributed by atoms with Crippen LogP contribution in [0.4, 0.5) is 11.4 Å². The van der Waals surface area contributed by atoms with E-state index in [4.69, 9.17) is 9.47 Å². The first-order chi connectivity index (χ1) is 14.2. The molecule has 0 aliphatic carbocycles. The number of hydrogen-bond acceptors (Lipinski definition) is 5. The zero-order valence-corrected chi connectivity index (χ0v) is 19.2. The molecule has 1 amide bonds. The van der Waals surface area contributed by atoms with Gasteiger partial charge in [0, 0.05) is 11.8 Å². The summed E-state index contributed by atoms with van der Waals surface area (Å²) in [6, 6.07) is 9.64. The van der Waals surface area contributed by atoms with Crippen LogP contribution in [-0.2, 0) is 27.7 Å². The molecular formula is C22H30N2O5S. The quantitative estimate of drug-likeness (QED) is 0.652. The van der Waals surface area contributed by atoms with Gasteiger partial charge in [0.25, 0.3) is 0 Å². The molecule has 0 unspecified atom stereocenters. The summed E-state index contributed by atoms with van der Waals surface area (Å²) in [7, 11) is -0.787. The highest BCUT2D eigenvalue weighted by Crippen LogP contribution is 2.33. The van der Waals surface area contributed by atoms with Crippen LogP contribution in [0.15, 0.2) is 36.4 Å². The molecule has 0 fully saturated rings. The van der Waals surface area contributed by atoms with E-state index in [0.717, 1.165) is 40.2 Å². The fourth-order valence-corrected chi connectivity index (χ4v) is 4.57. The molecule has 0 heterocycles. The average molecular weight is 435 g/mol. The molecule has 0 aliphatic rings. The van der Waals surface area contributed by atoms with E-state index in [1.165, 1.54) is 14.2 Å². The number of amides is 1. The van der Waals surface area contributed by atoms with Gasteiger partial charge in [0.2, 0.25) is 15.9 Å². The van der Waals surface area contributed by atoms with Gasteiger partial charge in [0.1, 0.15) is 6.04 Å². The molecular weight excluding hydrogens is 404 g/mol. The number of nitrogens with one attached hydrogen (secondary N) is 1. The van der Waals surface area contributed by atoms with E-state index in [1.54, 1.807) is 25.1 Å². The highest BCUT2D eigenvalue weighted by atomic mass is 32.2. The van der Waals surface area contributed by atoms with Crippen molar-refractivity contribution in [2.24, 2.45) is 0 Å². The highest BCUT2D eigenvalue weighted by Gasteiger charge is 2.30. The summed E-state index contributed by atoms with van der Waals surface area (Å²) in [5.41, 5.74) is 3.08. The first-order valence-electron chi connectivity index (χ1n) is 9.80. The molecule has 0 spiro atoms. The van der Waals surface area contributed by atoms with Crippen molar-refractivity contribution in [1.82, 2.24) is 0 Å². The molecule has 0 saturated carbocycles. The Morgan fingerprint density at radius 2 is 1.60 bits per heavy atom. The number of anilines is 2. The number of carbonyl (C=O) groups excluding carboxylic acids is 1. The lowest BCUT2D eigenvalue weighted by Crippen LogP contribution is -2.45. The zero-order chi connectivity index (χ0) is 22.5. The third-order valence-corrected chi connectivity index (χ3v) is 6.20. The third kappa shape index (κ3) is 5.05. The molecule has 0 aromatic heterocycles. The van der Waals surface area contributed by atoms with Crippen LogP contribution >= 0.6 is 0 Å². The number of ether oxygens (including phenoxy) is 2. The van der Waals surface area contributed by atoms with Gasteiger partial charge in [0.15, 0.2) is 11.5 Å². The van der Waals surface area contributed by atoms with Crippen LogP contribution in [0, 0.1) is 0 Å². The molecule has 0 bridgehead atoms. The Kier molecular flexibility index (Phi) is 7.72. The van der Waals surface area contributed by atoms with Gasteiger partial charge in [-0.25, -0.2) is 8.42 Å². The number of nitrogens with zero attached hydrogens (tertiary/aromatic N) is 1. The van der Waals surface area contributed by atoms with Crippen molar-refractivity contribution in [2.75, 3.05) is 30.1 Å². The molecule has 164 valence electrons. The summed E-state index contributed by atoms with van der Waals surface area (Å²) in [6.45, 7) is 5.59. The fourth-order valence-electron chi connectivity index (χ4n) is 3.40. The molecule has 2 aromatic carbocycles. The van der Waals surface area contributed by atoms with Crippen molar-refractivity contribution in [3.8, 4) is 11.5 Å². The lowest BCUT2D eigenvalue weighted by Gasteiger charge is -2.29. The van der Waals surface area contributed by atoms with E-state index in [-0.39, 0.29) is 0 Å². The largest absolute Gasteiger partial charge is 0.493 e. The molecule has 30 heavy (non-hydrogen) atoms. The molecule has 7 nitrogen and oxygen atoms in total. The van der Waals surface area contributed by atoms with Crippen molar-refractivity contribution < 1.29 is 22.7 Å². The number of sulfonamides is 1. The summed E-state index contributed by atoms with van der Waals surface area (Å²) in [5, 5.41) is 2.95. The smallest absolute Gasteiger partial charge is 0.248 e. The summed E-state index contributed by atoms with van der Waals surface area (Å²) in [5.74, 6) is 0.433. The highest BCUT2D eigenvalue weighted by molar-refractivity contribution is 7.92. The number of para-hydroxylation sites is 1. The van der Waals surface area contributed by atoms with Crippen LogP contribution < -0.4 is 19.1 Å². The SMILES string of the molecule is CCc1cccc(CC)c1NC(=O)[C@H](C)N(c1ccc(OC)c(OC)c1)S(C)(=O)=O. The number of methoxy groups -OCH3 is 2. The summed E-state index contributed by atoms with van der Waals surface area (Å²) >= 11 is 0. The Balaban J connectivity index is 2.44. The van der Waals surface area contributed by atoms with Crippen LogP contribution in [0.25, 0.3) is 0 Å². The van der Waals surface area contributed by atoms with Crippen LogP contribution in [0.1, 0.15) is 31.9 Å². The summed E-state index contributed by atoms with van der Waals surface area (Å²) < 4.78 is 36.8. The summed E-state index contributed by atoms with van der Waals surface area (Å²) in [4.78, 5) is 13.1. The molecule has 1 atom stereocenters. The van der Waals surface area contributed by atoms with Gasteiger partial charge in [-0.15, -0.1) is 0 Å². The molecule has 0 aliphatic heterocycles. The van der Waals surface area contributed by atoms with Crippen molar-refractivity contribution >= 4 is 27.3 Å². The van der Waals surface area contributed by atoms with E-state index in [9.17, 15) is 13.2 Å². The first-order valence-corrected chi connectivity index (χ1v) is 11.7. The van der Waals surface area contributed by atoms with Crippen LogP contribution in [0.3, 0.4) is 0 Å². The van der Waals surface area contributed by atoms with Crippen molar-refractivity contribution in [3.63, 3.8) is 0 Å². The van der Waals surface area contributed by atoms with Gasteiger partial charge in [-0.05, 0) is 43.0 Å². The lowest BCUT2D eigenvalue weighted by molar-refractivity contribution is -0.116. The summed E-state index contributed by atoms with van der Waals surface area (Å²) in [6.07, 6.45) is 2.58. The molecule has 2 rings (SSSR count). The van der Waals surface area contributed by atoms with Crippen molar-refractivity contribution in [3.05, 3.63) is 47.5 Å². The standard InChI is InChI=1S/C22H30N2O5S/c1-7-16-10-9-11-17(8-2)21(16)23-22(25)15(3)24(30(6,26)27)18-12-13-19(28-4)20(14-18)29-5/h9-15H,7-8H2,1-6H3,(H,23,25)/t15-/m0/s1. The minimum absolute atomic E-state index is 0.317. The van der Waals surface area contributed by atoms with Crippen LogP contribution in [0.2, 0.25) is 0 Å². The predicted octanol–water partition coefficient (Wildman–Crippen LogP) is 3.62. The van der Waals surface area contributed by atoms with Crippen molar-refractivity contribution in [1.29, 1.82) is 0 Å². The van der Waals surface area contributed by atoms with E-state index < -0.39 is 22.0 Å². The van der Waals surface area contributed by atoms with Crippen LogP contribution in [0.5, 0.6) is 11.5 Å². The Hall–Kier alpha value is -2.74. The number of carbonyl (C=O) groups is 1. The molecule has 0 radical (unpaired) electrons. The number of rotatable bonds is 9. The first kappa shape index (κ1) is 23.5. The topological polar surface area (TPSA) is 84.9 Å². The lowest BCUT2D eigenvalue weighted by atomic mass is 10.0. The van der Waals surface area contributed by atoms with Gasteiger partial charge in [-0.2, -0.15) is 0 Å². The van der Waals surface area contributed by atoms with Gasteiger partial charge >= 0.3 is 0 Å². The van der Waals surface area contributed by atoms with Crippen molar-refractivity contribution in [2.45, 2.75) is 39.7 Å². The minimum Gasteiger partial charge on any atom is -0.493 e. The Labute approximate surface area is 179 Å². The fraction of sp³-hybridized carbons (Fsp3) is 0.409.